The maximum Gasteiger partial charge on any atom is 0.336 e. The number of carbonyl (C=O) groups excluding carboxylic acids is 1. The number of carboxylic acids is 1. The molecule has 0 saturated carbocycles. The Morgan fingerprint density at radius 3 is 2.56 bits per heavy atom. The topological polar surface area (TPSA) is 59.3 Å². The molecule has 0 atom stereocenters. The van der Waals surface area contributed by atoms with E-state index in [1.807, 2.05) is 54.1 Å². The molecule has 3 aromatic rings. The summed E-state index contributed by atoms with van der Waals surface area (Å²) in [4.78, 5) is 24.1. The lowest BCUT2D eigenvalue weighted by atomic mass is 10.1. The Bertz CT molecular complexity index is 1020. The third kappa shape index (κ3) is 4.36. The largest absolute Gasteiger partial charge is 0.478 e. The van der Waals surface area contributed by atoms with Gasteiger partial charge in [0.05, 0.1) is 11.3 Å². The first-order chi connectivity index (χ1) is 13.0. The first-order valence-electron chi connectivity index (χ1n) is 8.41. The minimum absolute atomic E-state index is 0.0499. The number of aryl methyl sites for hydroxylation is 1. The van der Waals surface area contributed by atoms with E-state index in [2.05, 4.69) is 0 Å². The summed E-state index contributed by atoms with van der Waals surface area (Å²) in [5.41, 5.74) is 3.02. The van der Waals surface area contributed by atoms with Gasteiger partial charge in [0.1, 0.15) is 0 Å². The maximum atomic E-state index is 12.7. The van der Waals surface area contributed by atoms with E-state index in [-0.39, 0.29) is 11.3 Å². The van der Waals surface area contributed by atoms with Crippen molar-refractivity contribution in [2.45, 2.75) is 13.5 Å². The van der Waals surface area contributed by atoms with Crippen molar-refractivity contribution in [3.8, 4) is 0 Å². The number of nitrogens with zero attached hydrogens (tertiary/aromatic N) is 1. The van der Waals surface area contributed by atoms with Gasteiger partial charge in [0.25, 0.3) is 0 Å². The zero-order valence-corrected chi connectivity index (χ0v) is 15.5. The molecule has 27 heavy (non-hydrogen) atoms. The number of rotatable bonds is 6. The van der Waals surface area contributed by atoms with E-state index in [9.17, 15) is 14.7 Å². The third-order valence-corrected chi connectivity index (χ3v) is 4.46. The van der Waals surface area contributed by atoms with E-state index in [4.69, 9.17) is 11.6 Å². The molecule has 0 saturated heterocycles. The van der Waals surface area contributed by atoms with Gasteiger partial charge in [0.15, 0.2) is 0 Å². The van der Waals surface area contributed by atoms with Gasteiger partial charge < -0.3 is 9.67 Å². The number of aromatic nitrogens is 1. The van der Waals surface area contributed by atoms with Crippen LogP contribution in [0, 0.1) is 6.92 Å². The van der Waals surface area contributed by atoms with Gasteiger partial charge in [-0.1, -0.05) is 59.6 Å². The predicted molar refractivity (Wildman–Crippen MR) is 106 cm³/mol. The fraction of sp³-hybridized carbons (Fsp3) is 0.0909. The molecule has 1 N–H and O–H groups in total. The third-order valence-electron chi connectivity index (χ3n) is 4.22. The van der Waals surface area contributed by atoms with Crippen LogP contribution in [0.3, 0.4) is 0 Å². The minimum atomic E-state index is -1.03. The van der Waals surface area contributed by atoms with Gasteiger partial charge in [-0.25, -0.2) is 4.79 Å². The van der Waals surface area contributed by atoms with Crippen LogP contribution in [0.2, 0.25) is 5.02 Å². The first-order valence-corrected chi connectivity index (χ1v) is 8.79. The highest BCUT2D eigenvalue weighted by Crippen LogP contribution is 2.18. The molecule has 0 amide bonds. The second kappa shape index (κ2) is 8.06. The van der Waals surface area contributed by atoms with Gasteiger partial charge in [-0.15, -0.1) is 0 Å². The molecular weight excluding hydrogens is 362 g/mol. The molecule has 0 aliphatic heterocycles. The number of halogens is 1. The molecule has 0 aliphatic rings. The molecular formula is C22H18ClNO3. The van der Waals surface area contributed by atoms with Gasteiger partial charge >= 0.3 is 5.97 Å². The van der Waals surface area contributed by atoms with Crippen LogP contribution < -0.4 is 0 Å². The number of carboxylic acid groups (broad SMARTS) is 1. The van der Waals surface area contributed by atoms with Crippen molar-refractivity contribution in [2.75, 3.05) is 0 Å². The fourth-order valence-corrected chi connectivity index (χ4v) is 2.96. The van der Waals surface area contributed by atoms with Crippen molar-refractivity contribution < 1.29 is 14.7 Å². The zero-order chi connectivity index (χ0) is 19.4. The molecule has 2 aromatic carbocycles. The van der Waals surface area contributed by atoms with E-state index in [0.717, 1.165) is 5.56 Å². The van der Waals surface area contributed by atoms with Crippen molar-refractivity contribution in [3.63, 3.8) is 0 Å². The Kier molecular flexibility index (Phi) is 5.57. The second-order valence-corrected chi connectivity index (χ2v) is 6.62. The van der Waals surface area contributed by atoms with Crippen molar-refractivity contribution in [3.05, 3.63) is 99.8 Å². The summed E-state index contributed by atoms with van der Waals surface area (Å²) < 4.78 is 1.83. The molecule has 136 valence electrons. The molecule has 1 aromatic heterocycles. The molecule has 0 radical (unpaired) electrons. The molecule has 0 unspecified atom stereocenters. The van der Waals surface area contributed by atoms with Gasteiger partial charge in [-0.2, -0.15) is 0 Å². The van der Waals surface area contributed by atoms with Crippen molar-refractivity contribution in [1.29, 1.82) is 0 Å². The highest BCUT2D eigenvalue weighted by atomic mass is 35.5. The number of allylic oxidation sites excluding steroid dienone is 1. The normalized spacial score (nSPS) is 11.0. The van der Waals surface area contributed by atoms with Crippen LogP contribution in [0.25, 0.3) is 6.08 Å². The highest BCUT2D eigenvalue weighted by Gasteiger charge is 2.13. The maximum absolute atomic E-state index is 12.7. The lowest BCUT2D eigenvalue weighted by Gasteiger charge is -2.07. The first kappa shape index (κ1) is 18.7. The molecule has 4 nitrogen and oxygen atoms in total. The summed E-state index contributed by atoms with van der Waals surface area (Å²) in [6, 6.07) is 15.8. The van der Waals surface area contributed by atoms with Crippen LogP contribution in [-0.2, 0) is 6.54 Å². The minimum Gasteiger partial charge on any atom is -0.478 e. The quantitative estimate of drug-likeness (QED) is 0.606. The Balaban J connectivity index is 1.80. The lowest BCUT2D eigenvalue weighted by Crippen LogP contribution is -2.09. The summed E-state index contributed by atoms with van der Waals surface area (Å²) in [5, 5.41) is 9.67. The standard InChI is InChI=1S/C22H18ClNO3/c1-15-6-8-17(9-7-15)21(25)20-5-3-13-24(20)12-2-4-16-10-11-18(23)14-19(16)22(26)27/h2-11,13-14H,12H2,1H3,(H,26,27)/b4-2+. The molecule has 3 rings (SSSR count). The summed E-state index contributed by atoms with van der Waals surface area (Å²) in [7, 11) is 0. The van der Waals surface area contributed by atoms with Crippen molar-refractivity contribution in [1.82, 2.24) is 4.57 Å². The summed E-state index contributed by atoms with van der Waals surface area (Å²) in [6.45, 7) is 2.42. The molecule has 0 fully saturated rings. The molecule has 1 heterocycles. The molecule has 0 spiro atoms. The molecule has 0 aliphatic carbocycles. The Morgan fingerprint density at radius 1 is 1.11 bits per heavy atom. The van der Waals surface area contributed by atoms with Crippen LogP contribution in [0.5, 0.6) is 0 Å². The van der Waals surface area contributed by atoms with Crippen molar-refractivity contribution >= 4 is 29.4 Å². The Hall–Kier alpha value is -3.11. The monoisotopic (exact) mass is 379 g/mol. The highest BCUT2D eigenvalue weighted by molar-refractivity contribution is 6.31. The van der Waals surface area contributed by atoms with E-state index >= 15 is 0 Å². The number of ketones is 1. The van der Waals surface area contributed by atoms with Gasteiger partial charge in [0.2, 0.25) is 5.78 Å². The van der Waals surface area contributed by atoms with Gasteiger partial charge in [-0.05, 0) is 36.8 Å². The SMILES string of the molecule is Cc1ccc(C(=O)c2cccn2C/C=C/c2ccc(Cl)cc2C(=O)O)cc1. The predicted octanol–water partition coefficient (Wildman–Crippen LogP) is 5.09. The number of aromatic carboxylic acids is 1. The van der Waals surface area contributed by atoms with Crippen molar-refractivity contribution in [2.24, 2.45) is 0 Å². The van der Waals surface area contributed by atoms with E-state index in [1.54, 1.807) is 24.3 Å². The van der Waals surface area contributed by atoms with Crippen LogP contribution in [-0.4, -0.2) is 21.4 Å². The van der Waals surface area contributed by atoms with Crippen LogP contribution in [0.15, 0.2) is 66.9 Å². The number of hydrogen-bond acceptors (Lipinski definition) is 2. The van der Waals surface area contributed by atoms with Gasteiger partial charge in [-0.3, -0.25) is 4.79 Å². The summed E-state index contributed by atoms with van der Waals surface area (Å²) in [6.07, 6.45) is 5.37. The van der Waals surface area contributed by atoms with Crippen LogP contribution in [0.4, 0.5) is 0 Å². The smallest absolute Gasteiger partial charge is 0.336 e. The number of carbonyl (C=O) groups is 2. The summed E-state index contributed by atoms with van der Waals surface area (Å²) >= 11 is 5.87. The fourth-order valence-electron chi connectivity index (χ4n) is 2.78. The Morgan fingerprint density at radius 2 is 1.85 bits per heavy atom. The second-order valence-electron chi connectivity index (χ2n) is 6.18. The van der Waals surface area contributed by atoms with Crippen LogP contribution in [0.1, 0.15) is 37.5 Å². The summed E-state index contributed by atoms with van der Waals surface area (Å²) in [5.74, 6) is -1.08. The Labute approximate surface area is 162 Å². The zero-order valence-electron chi connectivity index (χ0n) is 14.7. The molecule has 0 bridgehead atoms. The average Bonchev–Trinajstić information content (AvgIpc) is 3.11. The average molecular weight is 380 g/mol. The van der Waals surface area contributed by atoms with E-state index < -0.39 is 5.97 Å². The van der Waals surface area contributed by atoms with E-state index in [0.29, 0.717) is 28.4 Å². The van der Waals surface area contributed by atoms with E-state index in [1.165, 1.54) is 6.07 Å². The number of benzene rings is 2. The van der Waals surface area contributed by atoms with Gasteiger partial charge in [0, 0.05) is 23.3 Å². The molecule has 5 heteroatoms. The lowest BCUT2D eigenvalue weighted by molar-refractivity contribution is 0.0696. The van der Waals surface area contributed by atoms with Crippen LogP contribution >= 0.6 is 11.6 Å². The number of hydrogen-bond donors (Lipinski definition) is 1.